The number of benzene rings is 1. The molecule has 1 unspecified atom stereocenters. The fourth-order valence-corrected chi connectivity index (χ4v) is 1.71. The van der Waals surface area contributed by atoms with Gasteiger partial charge in [-0.15, -0.1) is 0 Å². The molecule has 18 heavy (non-hydrogen) atoms. The summed E-state index contributed by atoms with van der Waals surface area (Å²) in [6.07, 6.45) is 0. The Morgan fingerprint density at radius 1 is 1.61 bits per heavy atom. The van der Waals surface area contributed by atoms with E-state index in [0.29, 0.717) is 18.7 Å². The average molecular weight is 250 g/mol. The zero-order chi connectivity index (χ0) is 13.7. The Labute approximate surface area is 105 Å². The van der Waals surface area contributed by atoms with Gasteiger partial charge in [0.15, 0.2) is 0 Å². The summed E-state index contributed by atoms with van der Waals surface area (Å²) in [6.45, 7) is 2.87. The maximum absolute atomic E-state index is 13.4. The van der Waals surface area contributed by atoms with E-state index in [1.807, 2.05) is 18.9 Å². The van der Waals surface area contributed by atoms with Crippen molar-refractivity contribution in [1.82, 2.24) is 4.90 Å². The lowest BCUT2D eigenvalue weighted by molar-refractivity contribution is 0.0692. The van der Waals surface area contributed by atoms with Gasteiger partial charge in [-0.25, -0.2) is 9.18 Å². The van der Waals surface area contributed by atoms with Crippen LogP contribution in [0, 0.1) is 23.1 Å². The standard InChI is InChI=1S/C13H15FN2O2/c1-9(6-15)7-16(2)8-10-3-4-11(13(17)18)12(14)5-10/h3-5,9H,7-8H2,1-2H3,(H,17,18). The van der Waals surface area contributed by atoms with Crippen LogP contribution in [0.1, 0.15) is 22.8 Å². The minimum absolute atomic E-state index is 0.0989. The average Bonchev–Trinajstić information content (AvgIpc) is 2.28. The molecule has 0 aliphatic rings. The quantitative estimate of drug-likeness (QED) is 0.869. The number of nitriles is 1. The Balaban J connectivity index is 2.72. The van der Waals surface area contributed by atoms with Crippen molar-refractivity contribution in [3.05, 3.63) is 35.1 Å². The van der Waals surface area contributed by atoms with Gasteiger partial charge in [0.1, 0.15) is 5.82 Å². The fourth-order valence-electron chi connectivity index (χ4n) is 1.71. The number of rotatable bonds is 5. The molecule has 5 heteroatoms. The minimum Gasteiger partial charge on any atom is -0.478 e. The molecule has 1 atom stereocenters. The zero-order valence-electron chi connectivity index (χ0n) is 10.4. The Morgan fingerprint density at radius 3 is 2.78 bits per heavy atom. The van der Waals surface area contributed by atoms with Gasteiger partial charge in [0.2, 0.25) is 0 Å². The van der Waals surface area contributed by atoms with Crippen molar-refractivity contribution in [1.29, 1.82) is 5.26 Å². The number of hydrogen-bond donors (Lipinski definition) is 1. The highest BCUT2D eigenvalue weighted by atomic mass is 19.1. The summed E-state index contributed by atoms with van der Waals surface area (Å²) < 4.78 is 13.4. The van der Waals surface area contributed by atoms with Crippen molar-refractivity contribution in [3.8, 4) is 6.07 Å². The second-order valence-electron chi connectivity index (χ2n) is 4.35. The SMILES string of the molecule is CC(C#N)CN(C)Cc1ccc(C(=O)O)c(F)c1. The van der Waals surface area contributed by atoms with Crippen LogP contribution in [0.25, 0.3) is 0 Å². The summed E-state index contributed by atoms with van der Waals surface area (Å²) in [5.41, 5.74) is 0.358. The first-order valence-corrected chi connectivity index (χ1v) is 5.54. The topological polar surface area (TPSA) is 64.3 Å². The molecule has 0 saturated carbocycles. The molecular weight excluding hydrogens is 235 g/mol. The van der Waals surface area contributed by atoms with Gasteiger partial charge in [0, 0.05) is 13.1 Å². The van der Waals surface area contributed by atoms with E-state index in [2.05, 4.69) is 6.07 Å². The van der Waals surface area contributed by atoms with E-state index in [1.54, 1.807) is 6.07 Å². The van der Waals surface area contributed by atoms with Gasteiger partial charge in [-0.1, -0.05) is 6.07 Å². The molecule has 1 aromatic carbocycles. The van der Waals surface area contributed by atoms with E-state index in [0.717, 1.165) is 0 Å². The first kappa shape index (κ1) is 14.1. The Kier molecular flexibility index (Phi) is 4.81. The van der Waals surface area contributed by atoms with Crippen molar-refractivity contribution >= 4 is 5.97 Å². The predicted octanol–water partition coefficient (Wildman–Crippen LogP) is 2.12. The Hall–Kier alpha value is -1.93. The lowest BCUT2D eigenvalue weighted by Gasteiger charge is -2.17. The predicted molar refractivity (Wildman–Crippen MR) is 64.5 cm³/mol. The third kappa shape index (κ3) is 3.82. The largest absolute Gasteiger partial charge is 0.478 e. The van der Waals surface area contributed by atoms with Crippen molar-refractivity contribution < 1.29 is 14.3 Å². The highest BCUT2D eigenvalue weighted by molar-refractivity contribution is 5.87. The highest BCUT2D eigenvalue weighted by Crippen LogP contribution is 2.12. The summed E-state index contributed by atoms with van der Waals surface area (Å²) >= 11 is 0. The maximum Gasteiger partial charge on any atom is 0.338 e. The number of halogens is 1. The number of carboxylic acid groups (broad SMARTS) is 1. The van der Waals surface area contributed by atoms with Crippen LogP contribution in [0.15, 0.2) is 18.2 Å². The van der Waals surface area contributed by atoms with E-state index < -0.39 is 11.8 Å². The van der Waals surface area contributed by atoms with Crippen molar-refractivity contribution in [2.45, 2.75) is 13.5 Å². The van der Waals surface area contributed by atoms with E-state index in [4.69, 9.17) is 10.4 Å². The number of hydrogen-bond acceptors (Lipinski definition) is 3. The molecule has 0 aromatic heterocycles. The molecule has 0 spiro atoms. The van der Waals surface area contributed by atoms with Gasteiger partial charge in [0.05, 0.1) is 17.6 Å². The van der Waals surface area contributed by atoms with Gasteiger partial charge in [-0.05, 0) is 31.7 Å². The lowest BCUT2D eigenvalue weighted by atomic mass is 10.1. The van der Waals surface area contributed by atoms with Crippen molar-refractivity contribution in [3.63, 3.8) is 0 Å². The minimum atomic E-state index is -1.27. The van der Waals surface area contributed by atoms with E-state index in [9.17, 15) is 9.18 Å². The van der Waals surface area contributed by atoms with Gasteiger partial charge >= 0.3 is 5.97 Å². The van der Waals surface area contributed by atoms with Crippen LogP contribution in [-0.2, 0) is 6.54 Å². The van der Waals surface area contributed by atoms with Crippen LogP contribution < -0.4 is 0 Å². The first-order chi connectivity index (χ1) is 8.43. The number of carbonyl (C=O) groups is 1. The maximum atomic E-state index is 13.4. The Bertz CT molecular complexity index is 482. The lowest BCUT2D eigenvalue weighted by Crippen LogP contribution is -2.23. The molecule has 1 aromatic rings. The molecule has 0 heterocycles. The molecule has 0 saturated heterocycles. The second kappa shape index (κ2) is 6.12. The molecule has 0 aliphatic heterocycles. The van der Waals surface area contributed by atoms with Gasteiger partial charge < -0.3 is 10.0 Å². The molecule has 1 N–H and O–H groups in total. The summed E-state index contributed by atoms with van der Waals surface area (Å²) in [7, 11) is 1.83. The van der Waals surface area contributed by atoms with E-state index >= 15 is 0 Å². The van der Waals surface area contributed by atoms with Gasteiger partial charge in [-0.2, -0.15) is 5.26 Å². The molecular formula is C13H15FN2O2. The summed E-state index contributed by atoms with van der Waals surface area (Å²) in [5.74, 6) is -2.11. The van der Waals surface area contributed by atoms with Crippen LogP contribution in [0.5, 0.6) is 0 Å². The van der Waals surface area contributed by atoms with Crippen LogP contribution in [0.2, 0.25) is 0 Å². The molecule has 0 fully saturated rings. The van der Waals surface area contributed by atoms with E-state index in [-0.39, 0.29) is 11.5 Å². The molecule has 4 nitrogen and oxygen atoms in total. The van der Waals surface area contributed by atoms with Crippen molar-refractivity contribution in [2.24, 2.45) is 5.92 Å². The van der Waals surface area contributed by atoms with Crippen LogP contribution in [0.4, 0.5) is 4.39 Å². The normalized spacial score (nSPS) is 12.2. The third-order valence-corrected chi connectivity index (χ3v) is 2.52. The summed E-state index contributed by atoms with van der Waals surface area (Å²) in [4.78, 5) is 12.5. The Morgan fingerprint density at radius 2 is 2.28 bits per heavy atom. The highest BCUT2D eigenvalue weighted by Gasteiger charge is 2.12. The van der Waals surface area contributed by atoms with Crippen LogP contribution in [-0.4, -0.2) is 29.6 Å². The van der Waals surface area contributed by atoms with Gasteiger partial charge in [0.25, 0.3) is 0 Å². The number of carboxylic acids is 1. The second-order valence-corrected chi connectivity index (χ2v) is 4.35. The summed E-state index contributed by atoms with van der Waals surface area (Å²) in [6, 6.07) is 6.18. The van der Waals surface area contributed by atoms with Crippen molar-refractivity contribution in [2.75, 3.05) is 13.6 Å². The fraction of sp³-hybridized carbons (Fsp3) is 0.385. The third-order valence-electron chi connectivity index (χ3n) is 2.52. The van der Waals surface area contributed by atoms with Gasteiger partial charge in [-0.3, -0.25) is 0 Å². The molecule has 96 valence electrons. The monoisotopic (exact) mass is 250 g/mol. The molecule has 0 aliphatic carbocycles. The van der Waals surface area contributed by atoms with E-state index in [1.165, 1.54) is 12.1 Å². The first-order valence-electron chi connectivity index (χ1n) is 5.54. The zero-order valence-corrected chi connectivity index (χ0v) is 10.4. The number of nitrogens with zero attached hydrogens (tertiary/aromatic N) is 2. The van der Waals surface area contributed by atoms with Crippen LogP contribution in [0.3, 0.4) is 0 Å². The molecule has 0 bridgehead atoms. The molecule has 0 radical (unpaired) electrons. The number of aromatic carboxylic acids is 1. The molecule has 0 amide bonds. The smallest absolute Gasteiger partial charge is 0.338 e. The molecule has 1 rings (SSSR count). The summed E-state index contributed by atoms with van der Waals surface area (Å²) in [5, 5.41) is 17.4. The van der Waals surface area contributed by atoms with Crippen LogP contribution >= 0.6 is 0 Å².